The van der Waals surface area contributed by atoms with Crippen molar-refractivity contribution in [1.29, 1.82) is 0 Å². The van der Waals surface area contributed by atoms with E-state index >= 15 is 0 Å². The van der Waals surface area contributed by atoms with Crippen LogP contribution < -0.4 is 5.32 Å². The van der Waals surface area contributed by atoms with Crippen molar-refractivity contribution in [2.75, 3.05) is 13.1 Å². The first-order valence-corrected chi connectivity index (χ1v) is 8.43. The number of hydrogen-bond donors (Lipinski definition) is 1. The van der Waals surface area contributed by atoms with E-state index in [0.29, 0.717) is 12.5 Å². The maximum absolute atomic E-state index is 11.8. The molecule has 1 amide bonds. The zero-order valence-electron chi connectivity index (χ0n) is 13.4. The van der Waals surface area contributed by atoms with Crippen molar-refractivity contribution >= 4 is 5.91 Å². The van der Waals surface area contributed by atoms with Crippen LogP contribution in [0, 0.1) is 0 Å². The van der Waals surface area contributed by atoms with Crippen LogP contribution in [0.25, 0.3) is 0 Å². The van der Waals surface area contributed by atoms with Gasteiger partial charge in [-0.15, -0.1) is 0 Å². The van der Waals surface area contributed by atoms with Gasteiger partial charge < -0.3 is 5.32 Å². The Morgan fingerprint density at radius 2 is 2.32 bits per heavy atom. The molecule has 1 saturated carbocycles. The molecular formula is C17H26N4O. The van der Waals surface area contributed by atoms with Crippen LogP contribution in [0.4, 0.5) is 0 Å². The maximum atomic E-state index is 11.8. The zero-order chi connectivity index (χ0) is 15.4. The average Bonchev–Trinajstić information content (AvgIpc) is 3.26. The van der Waals surface area contributed by atoms with E-state index in [9.17, 15) is 4.79 Å². The standard InChI is InChI=1S/C17H26N4O/c1-2-3-9-20-10-4-11-21-16(13-20)12-15(19-21)7-8-17(22)18-14-5-6-14/h2-3,12,14H,4-11,13H2,1H3,(H,18,22)/b3-2+. The van der Waals surface area contributed by atoms with Gasteiger partial charge >= 0.3 is 0 Å². The molecule has 2 aliphatic rings. The van der Waals surface area contributed by atoms with E-state index in [-0.39, 0.29) is 5.91 Å². The Hall–Kier alpha value is -1.62. The molecule has 0 bridgehead atoms. The van der Waals surface area contributed by atoms with Gasteiger partial charge in [-0.25, -0.2) is 0 Å². The number of allylic oxidation sites excluding steroid dienone is 1. The molecule has 0 saturated heterocycles. The normalized spacial score (nSPS) is 19.1. The average molecular weight is 302 g/mol. The minimum absolute atomic E-state index is 0.167. The Labute approximate surface area is 132 Å². The lowest BCUT2D eigenvalue weighted by Gasteiger charge is -2.16. The van der Waals surface area contributed by atoms with Gasteiger partial charge in [-0.1, -0.05) is 12.2 Å². The highest BCUT2D eigenvalue weighted by Gasteiger charge is 2.23. The second kappa shape index (κ2) is 7.09. The summed E-state index contributed by atoms with van der Waals surface area (Å²) < 4.78 is 2.13. The molecule has 1 aromatic heterocycles. The lowest BCUT2D eigenvalue weighted by molar-refractivity contribution is -0.121. The zero-order valence-corrected chi connectivity index (χ0v) is 13.4. The summed E-state index contributed by atoms with van der Waals surface area (Å²) in [4.78, 5) is 14.2. The van der Waals surface area contributed by atoms with Gasteiger partial charge in [0.15, 0.2) is 0 Å². The Kier molecular flexibility index (Phi) is 4.93. The predicted molar refractivity (Wildman–Crippen MR) is 86.4 cm³/mol. The van der Waals surface area contributed by atoms with Crippen molar-refractivity contribution in [1.82, 2.24) is 20.0 Å². The largest absolute Gasteiger partial charge is 0.353 e. The van der Waals surface area contributed by atoms with Crippen molar-refractivity contribution in [3.8, 4) is 0 Å². The maximum Gasteiger partial charge on any atom is 0.220 e. The molecule has 1 aliphatic carbocycles. The smallest absolute Gasteiger partial charge is 0.220 e. The van der Waals surface area contributed by atoms with E-state index in [2.05, 4.69) is 45.1 Å². The van der Waals surface area contributed by atoms with Gasteiger partial charge in [0.25, 0.3) is 0 Å². The van der Waals surface area contributed by atoms with Crippen LogP contribution in [0.1, 0.15) is 44.0 Å². The lowest BCUT2D eigenvalue weighted by Crippen LogP contribution is -2.25. The highest BCUT2D eigenvalue weighted by molar-refractivity contribution is 5.76. The van der Waals surface area contributed by atoms with Crippen molar-refractivity contribution < 1.29 is 4.79 Å². The third-order valence-corrected chi connectivity index (χ3v) is 4.29. The third-order valence-electron chi connectivity index (χ3n) is 4.29. The molecular weight excluding hydrogens is 276 g/mol. The summed E-state index contributed by atoms with van der Waals surface area (Å²) in [7, 11) is 0. The molecule has 0 radical (unpaired) electrons. The van der Waals surface area contributed by atoms with Gasteiger partial charge in [-0.3, -0.25) is 14.4 Å². The molecule has 5 heteroatoms. The van der Waals surface area contributed by atoms with Gasteiger partial charge in [-0.05, 0) is 32.3 Å². The van der Waals surface area contributed by atoms with E-state index in [1.165, 1.54) is 5.69 Å². The fourth-order valence-electron chi connectivity index (χ4n) is 2.89. The molecule has 0 aromatic carbocycles. The van der Waals surface area contributed by atoms with Gasteiger partial charge in [0.05, 0.1) is 11.4 Å². The second-order valence-corrected chi connectivity index (χ2v) is 6.35. The summed E-state index contributed by atoms with van der Waals surface area (Å²) in [6, 6.07) is 2.63. The molecule has 0 atom stereocenters. The van der Waals surface area contributed by atoms with Crippen LogP contribution in [0.3, 0.4) is 0 Å². The number of nitrogens with one attached hydrogen (secondary N) is 1. The first-order valence-electron chi connectivity index (χ1n) is 8.43. The highest BCUT2D eigenvalue weighted by atomic mass is 16.1. The van der Waals surface area contributed by atoms with E-state index in [1.807, 2.05) is 0 Å². The minimum Gasteiger partial charge on any atom is -0.353 e. The first kappa shape index (κ1) is 15.3. The lowest BCUT2D eigenvalue weighted by atomic mass is 10.2. The van der Waals surface area contributed by atoms with Crippen molar-refractivity contribution in [2.24, 2.45) is 0 Å². The number of aromatic nitrogens is 2. The number of hydrogen-bond acceptors (Lipinski definition) is 3. The molecule has 1 aliphatic heterocycles. The summed E-state index contributed by atoms with van der Waals surface area (Å²) in [6.07, 6.45) is 9.02. The Morgan fingerprint density at radius 1 is 1.45 bits per heavy atom. The van der Waals surface area contributed by atoms with E-state index in [4.69, 9.17) is 0 Å². The Morgan fingerprint density at radius 3 is 3.09 bits per heavy atom. The van der Waals surface area contributed by atoms with Crippen LogP contribution >= 0.6 is 0 Å². The molecule has 0 unspecified atom stereocenters. The molecule has 5 nitrogen and oxygen atoms in total. The number of carbonyl (C=O) groups is 1. The quantitative estimate of drug-likeness (QED) is 0.816. The number of rotatable bonds is 6. The molecule has 22 heavy (non-hydrogen) atoms. The molecule has 0 spiro atoms. The molecule has 2 heterocycles. The van der Waals surface area contributed by atoms with E-state index in [1.54, 1.807) is 0 Å². The fraction of sp³-hybridized carbons (Fsp3) is 0.647. The summed E-state index contributed by atoms with van der Waals surface area (Å²) >= 11 is 0. The molecule has 1 aromatic rings. The molecule has 1 N–H and O–H groups in total. The molecule has 1 fully saturated rings. The Balaban J connectivity index is 1.55. The summed E-state index contributed by atoms with van der Waals surface area (Å²) in [5.74, 6) is 0.167. The summed E-state index contributed by atoms with van der Waals surface area (Å²) in [5, 5.41) is 7.72. The fourth-order valence-corrected chi connectivity index (χ4v) is 2.89. The summed E-state index contributed by atoms with van der Waals surface area (Å²) in [5.41, 5.74) is 2.33. The van der Waals surface area contributed by atoms with Crippen molar-refractivity contribution in [3.63, 3.8) is 0 Å². The number of amides is 1. The van der Waals surface area contributed by atoms with Crippen LogP contribution in [0.5, 0.6) is 0 Å². The van der Waals surface area contributed by atoms with Gasteiger partial charge in [0, 0.05) is 45.1 Å². The summed E-state index contributed by atoms with van der Waals surface area (Å²) in [6.45, 7) is 6.11. The van der Waals surface area contributed by atoms with Gasteiger partial charge in [0.1, 0.15) is 0 Å². The number of fused-ring (bicyclic) bond motifs is 1. The van der Waals surface area contributed by atoms with E-state index < -0.39 is 0 Å². The monoisotopic (exact) mass is 302 g/mol. The second-order valence-electron chi connectivity index (χ2n) is 6.35. The van der Waals surface area contributed by atoms with Gasteiger partial charge in [-0.2, -0.15) is 5.10 Å². The molecule has 120 valence electrons. The SMILES string of the molecule is C/C=C/CN1CCCn2nc(CCC(=O)NC3CC3)cc2C1. The van der Waals surface area contributed by atoms with Gasteiger partial charge in [0.2, 0.25) is 5.91 Å². The van der Waals surface area contributed by atoms with Crippen LogP contribution in [-0.4, -0.2) is 39.7 Å². The minimum atomic E-state index is 0.167. The van der Waals surface area contributed by atoms with Crippen LogP contribution in [-0.2, 0) is 24.3 Å². The Bertz CT molecular complexity index is 545. The highest BCUT2D eigenvalue weighted by Crippen LogP contribution is 2.19. The molecule has 3 rings (SSSR count). The van der Waals surface area contributed by atoms with Crippen molar-refractivity contribution in [2.45, 2.75) is 58.2 Å². The third kappa shape index (κ3) is 4.19. The number of carbonyl (C=O) groups excluding carboxylic acids is 1. The topological polar surface area (TPSA) is 50.2 Å². The first-order chi connectivity index (χ1) is 10.7. The van der Waals surface area contributed by atoms with Crippen LogP contribution in [0.15, 0.2) is 18.2 Å². The number of nitrogens with zero attached hydrogens (tertiary/aromatic N) is 3. The number of aryl methyl sites for hydroxylation is 2. The van der Waals surface area contributed by atoms with Crippen LogP contribution in [0.2, 0.25) is 0 Å². The predicted octanol–water partition coefficient (Wildman–Crippen LogP) is 1.88. The van der Waals surface area contributed by atoms with E-state index in [0.717, 1.165) is 57.6 Å². The van der Waals surface area contributed by atoms with Crippen molar-refractivity contribution in [3.05, 3.63) is 29.6 Å².